The van der Waals surface area contributed by atoms with Gasteiger partial charge in [-0.15, -0.1) is 11.3 Å². The Morgan fingerprint density at radius 3 is 2.85 bits per heavy atom. The normalized spacial score (nSPS) is 21.6. The minimum atomic E-state index is -0.597. The van der Waals surface area contributed by atoms with E-state index in [1.807, 2.05) is 36.6 Å². The van der Waals surface area contributed by atoms with Gasteiger partial charge < -0.3 is 9.47 Å². The molecule has 3 unspecified atom stereocenters. The van der Waals surface area contributed by atoms with E-state index in [9.17, 15) is 4.79 Å². The van der Waals surface area contributed by atoms with E-state index in [1.54, 1.807) is 6.92 Å². The van der Waals surface area contributed by atoms with E-state index in [2.05, 4.69) is 29.0 Å². The van der Waals surface area contributed by atoms with Crippen LogP contribution in [0.15, 0.2) is 29.6 Å². The van der Waals surface area contributed by atoms with Crippen LogP contribution in [-0.4, -0.2) is 47.2 Å². The van der Waals surface area contributed by atoms with E-state index in [0.717, 1.165) is 30.9 Å². The fourth-order valence-corrected chi connectivity index (χ4v) is 3.94. The molecule has 3 rings (SSSR count). The summed E-state index contributed by atoms with van der Waals surface area (Å²) in [5.74, 6) is 0.485. The van der Waals surface area contributed by atoms with Crippen LogP contribution in [0.1, 0.15) is 32.0 Å². The second-order valence-corrected chi connectivity index (χ2v) is 8.02. The molecule has 7 heteroatoms. The number of aryl methyl sites for hydroxylation is 1. The van der Waals surface area contributed by atoms with E-state index in [1.165, 1.54) is 11.3 Å². The summed E-state index contributed by atoms with van der Waals surface area (Å²) >= 11 is 1.44. The highest BCUT2D eigenvalue weighted by atomic mass is 32.1. The van der Waals surface area contributed by atoms with Crippen molar-refractivity contribution in [2.45, 2.75) is 52.6 Å². The first-order valence-electron chi connectivity index (χ1n) is 9.25. The summed E-state index contributed by atoms with van der Waals surface area (Å²) in [6, 6.07) is 7.67. The molecule has 0 aliphatic carbocycles. The largest absolute Gasteiger partial charge is 0.481 e. The number of nitrogens with one attached hydrogen (secondary N) is 1. The molecule has 3 atom stereocenters. The van der Waals surface area contributed by atoms with Crippen LogP contribution < -0.4 is 10.1 Å². The molecule has 2 aromatic rings. The lowest BCUT2D eigenvalue weighted by atomic mass is 10.2. The van der Waals surface area contributed by atoms with Crippen LogP contribution in [-0.2, 0) is 16.1 Å². The number of thiazole rings is 1. The topological polar surface area (TPSA) is 63.7 Å². The Hall–Kier alpha value is -1.96. The molecule has 0 spiro atoms. The fraction of sp³-hybridized carbons (Fsp3) is 0.500. The van der Waals surface area contributed by atoms with Crippen LogP contribution in [0.5, 0.6) is 5.75 Å². The number of anilines is 1. The maximum atomic E-state index is 12.4. The van der Waals surface area contributed by atoms with E-state index in [0.29, 0.717) is 10.9 Å². The summed E-state index contributed by atoms with van der Waals surface area (Å²) < 4.78 is 11.5. The number of aromatic nitrogens is 1. The van der Waals surface area contributed by atoms with Gasteiger partial charge in [-0.25, -0.2) is 4.98 Å². The van der Waals surface area contributed by atoms with Gasteiger partial charge in [0.05, 0.1) is 17.9 Å². The van der Waals surface area contributed by atoms with E-state index >= 15 is 0 Å². The molecular weight excluding hydrogens is 362 g/mol. The zero-order valence-corrected chi connectivity index (χ0v) is 17.1. The summed E-state index contributed by atoms with van der Waals surface area (Å²) in [5.41, 5.74) is 2.06. The highest BCUT2D eigenvalue weighted by Gasteiger charge is 2.23. The Labute approximate surface area is 164 Å². The molecule has 1 aliphatic rings. The molecule has 27 heavy (non-hydrogen) atoms. The third-order valence-electron chi connectivity index (χ3n) is 4.33. The Morgan fingerprint density at radius 1 is 1.41 bits per heavy atom. The van der Waals surface area contributed by atoms with Crippen molar-refractivity contribution in [2.75, 3.05) is 18.4 Å². The monoisotopic (exact) mass is 389 g/mol. The smallest absolute Gasteiger partial charge is 0.266 e. The van der Waals surface area contributed by atoms with Crippen molar-refractivity contribution in [1.82, 2.24) is 9.88 Å². The van der Waals surface area contributed by atoms with Gasteiger partial charge in [-0.3, -0.25) is 15.0 Å². The van der Waals surface area contributed by atoms with Gasteiger partial charge in [0.2, 0.25) is 0 Å². The summed E-state index contributed by atoms with van der Waals surface area (Å²) in [7, 11) is 0. The lowest BCUT2D eigenvalue weighted by Crippen LogP contribution is -2.44. The van der Waals surface area contributed by atoms with Gasteiger partial charge in [0.25, 0.3) is 5.91 Å². The van der Waals surface area contributed by atoms with Crippen LogP contribution in [0.4, 0.5) is 5.13 Å². The number of carbonyl (C=O) groups excluding carboxylic acids is 1. The first-order chi connectivity index (χ1) is 12.9. The maximum Gasteiger partial charge on any atom is 0.266 e. The van der Waals surface area contributed by atoms with Crippen molar-refractivity contribution in [2.24, 2.45) is 0 Å². The SMILES string of the molecule is Cc1cccc(OC(C)C(=O)Nc2nc(CN3CC(C)OC(C)C3)cs2)c1. The van der Waals surface area contributed by atoms with Gasteiger partial charge in [-0.1, -0.05) is 12.1 Å². The molecule has 2 heterocycles. The highest BCUT2D eigenvalue weighted by molar-refractivity contribution is 7.13. The van der Waals surface area contributed by atoms with Crippen molar-refractivity contribution in [3.05, 3.63) is 40.9 Å². The number of nitrogens with zero attached hydrogens (tertiary/aromatic N) is 2. The molecule has 1 aromatic heterocycles. The lowest BCUT2D eigenvalue weighted by molar-refractivity contribution is -0.122. The fourth-order valence-electron chi connectivity index (χ4n) is 3.23. The molecule has 1 saturated heterocycles. The number of hydrogen-bond acceptors (Lipinski definition) is 6. The number of hydrogen-bond donors (Lipinski definition) is 1. The van der Waals surface area contributed by atoms with Crippen LogP contribution >= 0.6 is 11.3 Å². The average Bonchev–Trinajstić information content (AvgIpc) is 3.00. The molecule has 1 aliphatic heterocycles. The van der Waals surface area contributed by atoms with Crippen molar-refractivity contribution in [1.29, 1.82) is 0 Å². The summed E-state index contributed by atoms with van der Waals surface area (Å²) in [4.78, 5) is 19.3. The molecule has 1 fully saturated rings. The second-order valence-electron chi connectivity index (χ2n) is 7.16. The third kappa shape index (κ3) is 5.76. The number of carbonyl (C=O) groups is 1. The third-order valence-corrected chi connectivity index (χ3v) is 5.14. The van der Waals surface area contributed by atoms with Crippen LogP contribution in [0, 0.1) is 6.92 Å². The van der Waals surface area contributed by atoms with E-state index < -0.39 is 6.10 Å². The molecule has 1 aromatic carbocycles. The van der Waals surface area contributed by atoms with Crippen molar-refractivity contribution in [3.63, 3.8) is 0 Å². The number of ether oxygens (including phenoxy) is 2. The minimum absolute atomic E-state index is 0.203. The number of rotatable bonds is 6. The molecule has 146 valence electrons. The second kappa shape index (κ2) is 8.82. The predicted octanol–water partition coefficient (Wildman–Crippen LogP) is 3.47. The van der Waals surface area contributed by atoms with Crippen LogP contribution in [0.2, 0.25) is 0 Å². The highest BCUT2D eigenvalue weighted by Crippen LogP contribution is 2.20. The van der Waals surface area contributed by atoms with Crippen LogP contribution in [0.3, 0.4) is 0 Å². The molecular formula is C20H27N3O3S. The number of benzene rings is 1. The maximum absolute atomic E-state index is 12.4. The number of morpholine rings is 1. The van der Waals surface area contributed by atoms with Gasteiger partial charge in [0.15, 0.2) is 11.2 Å². The quantitative estimate of drug-likeness (QED) is 0.820. The van der Waals surface area contributed by atoms with Gasteiger partial charge in [-0.2, -0.15) is 0 Å². The Morgan fingerprint density at radius 2 is 2.15 bits per heavy atom. The lowest BCUT2D eigenvalue weighted by Gasteiger charge is -2.34. The molecule has 6 nitrogen and oxygen atoms in total. The Balaban J connectivity index is 1.53. The first-order valence-corrected chi connectivity index (χ1v) is 10.1. The Kier molecular flexibility index (Phi) is 6.46. The van der Waals surface area contributed by atoms with Gasteiger partial charge in [-0.05, 0) is 45.4 Å². The average molecular weight is 390 g/mol. The molecule has 0 radical (unpaired) electrons. The molecule has 1 amide bonds. The van der Waals surface area contributed by atoms with E-state index in [-0.39, 0.29) is 18.1 Å². The minimum Gasteiger partial charge on any atom is -0.481 e. The summed E-state index contributed by atoms with van der Waals surface area (Å²) in [5, 5.41) is 5.45. The first kappa shape index (κ1) is 19.8. The summed E-state index contributed by atoms with van der Waals surface area (Å²) in [6.45, 7) is 10.5. The number of amides is 1. The standard InChI is InChI=1S/C20H27N3O3S/c1-13-6-5-7-18(8-13)26-16(4)19(24)22-20-21-17(12-27-20)11-23-9-14(2)25-15(3)10-23/h5-8,12,14-16H,9-11H2,1-4H3,(H,21,22,24). The van der Waals surface area contributed by atoms with E-state index in [4.69, 9.17) is 9.47 Å². The zero-order valence-electron chi connectivity index (χ0n) is 16.3. The van der Waals surface area contributed by atoms with Gasteiger partial charge in [0, 0.05) is 25.0 Å². The van der Waals surface area contributed by atoms with Crippen molar-refractivity contribution < 1.29 is 14.3 Å². The van der Waals surface area contributed by atoms with Crippen molar-refractivity contribution in [3.8, 4) is 5.75 Å². The molecule has 0 saturated carbocycles. The molecule has 0 bridgehead atoms. The summed E-state index contributed by atoms with van der Waals surface area (Å²) in [6.07, 6.45) is -0.141. The molecule has 1 N–H and O–H groups in total. The Bertz CT molecular complexity index is 769. The van der Waals surface area contributed by atoms with Crippen molar-refractivity contribution >= 4 is 22.4 Å². The van der Waals surface area contributed by atoms with Gasteiger partial charge in [0.1, 0.15) is 5.75 Å². The predicted molar refractivity (Wildman–Crippen MR) is 107 cm³/mol. The van der Waals surface area contributed by atoms with Gasteiger partial charge >= 0.3 is 0 Å². The zero-order chi connectivity index (χ0) is 19.4. The van der Waals surface area contributed by atoms with Crippen LogP contribution in [0.25, 0.3) is 0 Å².